The van der Waals surface area contributed by atoms with E-state index < -0.39 is 0 Å². The number of rotatable bonds is 3. The minimum Gasteiger partial charge on any atom is -0.398 e. The highest BCUT2D eigenvalue weighted by Gasteiger charge is 2.18. The molecule has 3 nitrogen and oxygen atoms in total. The molecule has 0 saturated heterocycles. The maximum atomic E-state index is 12.4. The van der Waals surface area contributed by atoms with Crippen molar-refractivity contribution in [2.24, 2.45) is 0 Å². The van der Waals surface area contributed by atoms with Crippen LogP contribution in [0.5, 0.6) is 0 Å². The van der Waals surface area contributed by atoms with Crippen LogP contribution in [0.4, 0.5) is 5.69 Å². The van der Waals surface area contributed by atoms with Crippen LogP contribution in [0.2, 0.25) is 5.02 Å². The Hall–Kier alpha value is -1.78. The predicted octanol–water partition coefficient (Wildman–Crippen LogP) is 5.05. The molecular weight excluding hydrogens is 388 g/mol. The summed E-state index contributed by atoms with van der Waals surface area (Å²) in [7, 11) is 0. The highest BCUT2D eigenvalue weighted by molar-refractivity contribution is 9.10. The number of amides is 1. The molecule has 1 atom stereocenters. The number of benzene rings is 2. The molecule has 2 aromatic carbocycles. The summed E-state index contributed by atoms with van der Waals surface area (Å²) in [6, 6.07) is 12.8. The Kier molecular flexibility index (Phi) is 5.27. The van der Waals surface area contributed by atoms with E-state index in [2.05, 4.69) is 27.3 Å². The molecule has 0 fully saturated rings. The van der Waals surface area contributed by atoms with Gasteiger partial charge in [-0.2, -0.15) is 0 Å². The van der Waals surface area contributed by atoms with E-state index in [9.17, 15) is 4.79 Å². The second-order valence-electron chi connectivity index (χ2n) is 5.90. The zero-order valence-corrected chi connectivity index (χ0v) is 15.4. The third kappa shape index (κ3) is 4.00. The van der Waals surface area contributed by atoms with Gasteiger partial charge in [0.05, 0.1) is 0 Å². The molecule has 0 aliphatic heterocycles. The molecule has 3 rings (SSSR count). The van der Waals surface area contributed by atoms with E-state index in [1.54, 1.807) is 24.3 Å². The number of nitrogens with two attached hydrogens (primary N) is 1. The molecule has 24 heavy (non-hydrogen) atoms. The van der Waals surface area contributed by atoms with Crippen LogP contribution < -0.4 is 11.1 Å². The summed E-state index contributed by atoms with van der Waals surface area (Å²) in [6.45, 7) is 0. The molecule has 2 aromatic rings. The number of nitrogen functional groups attached to an aromatic ring is 1. The summed E-state index contributed by atoms with van der Waals surface area (Å²) >= 11 is 9.36. The summed E-state index contributed by atoms with van der Waals surface area (Å²) in [4.78, 5) is 12.4. The van der Waals surface area contributed by atoms with E-state index in [0.717, 1.165) is 35.0 Å². The first-order valence-electron chi connectivity index (χ1n) is 7.85. The Labute approximate surface area is 155 Å². The number of carbonyl (C=O) groups excluding carboxylic acids is 1. The second kappa shape index (κ2) is 7.41. The molecule has 1 amide bonds. The molecule has 0 heterocycles. The van der Waals surface area contributed by atoms with E-state index in [-0.39, 0.29) is 11.9 Å². The summed E-state index contributed by atoms with van der Waals surface area (Å²) in [5, 5.41) is 3.70. The van der Waals surface area contributed by atoms with Crippen molar-refractivity contribution in [2.45, 2.75) is 25.3 Å². The fourth-order valence-corrected chi connectivity index (χ4v) is 3.41. The molecule has 1 aliphatic rings. The number of halogens is 2. The van der Waals surface area contributed by atoms with Gasteiger partial charge in [0.15, 0.2) is 0 Å². The monoisotopic (exact) mass is 404 g/mol. The molecular formula is C19H18BrClN2O. The van der Waals surface area contributed by atoms with Crippen LogP contribution in [0, 0.1) is 0 Å². The Morgan fingerprint density at radius 3 is 2.71 bits per heavy atom. The molecule has 0 bridgehead atoms. The van der Waals surface area contributed by atoms with Crippen molar-refractivity contribution in [2.75, 3.05) is 5.73 Å². The van der Waals surface area contributed by atoms with E-state index in [1.807, 2.05) is 18.2 Å². The van der Waals surface area contributed by atoms with Gasteiger partial charge in [0.2, 0.25) is 0 Å². The van der Waals surface area contributed by atoms with Gasteiger partial charge >= 0.3 is 0 Å². The lowest BCUT2D eigenvalue weighted by atomic mass is 9.90. The van der Waals surface area contributed by atoms with Crippen molar-refractivity contribution >= 4 is 44.7 Å². The van der Waals surface area contributed by atoms with Crippen LogP contribution in [-0.4, -0.2) is 11.9 Å². The first-order valence-corrected chi connectivity index (χ1v) is 9.02. The van der Waals surface area contributed by atoms with Gasteiger partial charge in [-0.1, -0.05) is 33.6 Å². The van der Waals surface area contributed by atoms with Crippen molar-refractivity contribution in [3.05, 3.63) is 69.2 Å². The maximum absolute atomic E-state index is 12.4. The summed E-state index contributed by atoms with van der Waals surface area (Å²) < 4.78 is 1.000. The molecule has 5 heteroatoms. The van der Waals surface area contributed by atoms with Gasteiger partial charge in [-0.3, -0.25) is 4.79 Å². The van der Waals surface area contributed by atoms with Crippen LogP contribution in [-0.2, 0) is 0 Å². The lowest BCUT2D eigenvalue weighted by molar-refractivity contribution is 0.0942. The SMILES string of the molecule is Nc1ccc(Br)cc1C1=CC(NC(=O)c2ccc(Cl)cc2)CCC1. The number of hydrogen-bond donors (Lipinski definition) is 2. The number of hydrogen-bond acceptors (Lipinski definition) is 2. The van der Waals surface area contributed by atoms with Gasteiger partial charge in [-0.15, -0.1) is 0 Å². The van der Waals surface area contributed by atoms with Gasteiger partial charge in [-0.25, -0.2) is 0 Å². The van der Waals surface area contributed by atoms with Gasteiger partial charge in [0.25, 0.3) is 5.91 Å². The normalized spacial score (nSPS) is 17.2. The van der Waals surface area contributed by atoms with Crippen molar-refractivity contribution in [1.82, 2.24) is 5.32 Å². The number of anilines is 1. The second-order valence-corrected chi connectivity index (χ2v) is 7.25. The maximum Gasteiger partial charge on any atom is 0.251 e. The number of carbonyl (C=O) groups is 1. The molecule has 1 aliphatic carbocycles. The molecule has 0 radical (unpaired) electrons. The first kappa shape index (κ1) is 17.1. The summed E-state index contributed by atoms with van der Waals surface area (Å²) in [6.07, 6.45) is 5.03. The average molecular weight is 406 g/mol. The molecule has 0 spiro atoms. The quantitative estimate of drug-likeness (QED) is 0.702. The Bertz CT molecular complexity index is 786. The number of allylic oxidation sites excluding steroid dienone is 1. The van der Waals surface area contributed by atoms with Gasteiger partial charge in [-0.05, 0) is 67.3 Å². The molecule has 3 N–H and O–H groups in total. The lowest BCUT2D eigenvalue weighted by Gasteiger charge is -2.23. The Morgan fingerprint density at radius 2 is 1.96 bits per heavy atom. The van der Waals surface area contributed by atoms with Crippen LogP contribution in [0.3, 0.4) is 0 Å². The van der Waals surface area contributed by atoms with Gasteiger partial charge < -0.3 is 11.1 Å². The Balaban J connectivity index is 1.78. The van der Waals surface area contributed by atoms with E-state index in [1.165, 1.54) is 5.57 Å². The average Bonchev–Trinajstić information content (AvgIpc) is 2.58. The van der Waals surface area contributed by atoms with Crippen molar-refractivity contribution in [3.8, 4) is 0 Å². The lowest BCUT2D eigenvalue weighted by Crippen LogP contribution is -2.34. The van der Waals surface area contributed by atoms with Crippen LogP contribution in [0.15, 0.2) is 53.0 Å². The summed E-state index contributed by atoms with van der Waals surface area (Å²) in [5.74, 6) is -0.0867. The highest BCUT2D eigenvalue weighted by Crippen LogP contribution is 2.32. The topological polar surface area (TPSA) is 55.1 Å². The molecule has 1 unspecified atom stereocenters. The van der Waals surface area contributed by atoms with E-state index >= 15 is 0 Å². The smallest absolute Gasteiger partial charge is 0.251 e. The first-order chi connectivity index (χ1) is 11.5. The van der Waals surface area contributed by atoms with Crippen molar-refractivity contribution in [3.63, 3.8) is 0 Å². The largest absolute Gasteiger partial charge is 0.398 e. The third-order valence-electron chi connectivity index (χ3n) is 4.15. The van der Waals surface area contributed by atoms with Crippen LogP contribution in [0.1, 0.15) is 35.2 Å². The highest BCUT2D eigenvalue weighted by atomic mass is 79.9. The molecule has 124 valence electrons. The fourth-order valence-electron chi connectivity index (χ4n) is 2.92. The third-order valence-corrected chi connectivity index (χ3v) is 4.89. The van der Waals surface area contributed by atoms with E-state index in [0.29, 0.717) is 10.6 Å². The van der Waals surface area contributed by atoms with Crippen LogP contribution >= 0.6 is 27.5 Å². The van der Waals surface area contributed by atoms with E-state index in [4.69, 9.17) is 17.3 Å². The molecule has 0 saturated carbocycles. The minimum atomic E-state index is -0.0867. The minimum absolute atomic E-state index is 0.00955. The van der Waals surface area contributed by atoms with Gasteiger partial charge in [0, 0.05) is 32.4 Å². The predicted molar refractivity (Wildman–Crippen MR) is 103 cm³/mol. The van der Waals surface area contributed by atoms with Gasteiger partial charge in [0.1, 0.15) is 0 Å². The van der Waals surface area contributed by atoms with Crippen molar-refractivity contribution in [1.29, 1.82) is 0 Å². The standard InChI is InChI=1S/C19H18BrClN2O/c20-14-6-9-18(22)17(11-14)13-2-1-3-16(10-13)23-19(24)12-4-7-15(21)8-5-12/h4-11,16H,1-3,22H2,(H,23,24). The fraction of sp³-hybridized carbons (Fsp3) is 0.211. The zero-order chi connectivity index (χ0) is 17.1. The Morgan fingerprint density at radius 1 is 1.21 bits per heavy atom. The zero-order valence-electron chi connectivity index (χ0n) is 13.1. The van der Waals surface area contributed by atoms with Crippen LogP contribution in [0.25, 0.3) is 5.57 Å². The molecule has 0 aromatic heterocycles. The van der Waals surface area contributed by atoms with Crippen molar-refractivity contribution < 1.29 is 4.79 Å². The summed E-state index contributed by atoms with van der Waals surface area (Å²) in [5.41, 5.74) is 9.70. The number of nitrogens with one attached hydrogen (secondary N) is 1.